The van der Waals surface area contributed by atoms with Crippen LogP contribution in [0, 0.1) is 0 Å². The van der Waals surface area contributed by atoms with Gasteiger partial charge in [0.15, 0.2) is 5.82 Å². The van der Waals surface area contributed by atoms with E-state index in [0.29, 0.717) is 5.82 Å². The molecule has 0 aliphatic rings. The van der Waals surface area contributed by atoms with E-state index in [9.17, 15) is 18.0 Å². The molecule has 0 aliphatic heterocycles. The van der Waals surface area contributed by atoms with E-state index in [0.717, 1.165) is 12.1 Å². The predicted octanol–water partition coefficient (Wildman–Crippen LogP) is 1.41. The van der Waals surface area contributed by atoms with Crippen LogP contribution in [0.5, 0.6) is 0 Å². The van der Waals surface area contributed by atoms with Gasteiger partial charge in [-0.25, -0.2) is 4.68 Å². The second-order valence-electron chi connectivity index (χ2n) is 4.02. The Morgan fingerprint density at radius 2 is 1.95 bits per heavy atom. The molecule has 0 saturated heterocycles. The molecule has 2 aromatic rings. The number of tetrazole rings is 1. The van der Waals surface area contributed by atoms with Crippen LogP contribution in [0.3, 0.4) is 0 Å². The fourth-order valence-electron chi connectivity index (χ4n) is 1.49. The number of nitrogens with zero attached hydrogens (tertiary/aromatic N) is 4. The molecule has 1 aromatic carbocycles. The number of halogens is 3. The smallest absolute Gasteiger partial charge is 0.326 e. The lowest BCUT2D eigenvalue weighted by atomic mass is 10.2. The largest absolute Gasteiger partial charge is 0.416 e. The van der Waals surface area contributed by atoms with Crippen molar-refractivity contribution in [1.29, 1.82) is 0 Å². The first-order valence-corrected chi connectivity index (χ1v) is 5.54. The predicted molar refractivity (Wildman–Crippen MR) is 62.6 cm³/mol. The zero-order valence-corrected chi connectivity index (χ0v) is 10.3. The molecule has 20 heavy (non-hydrogen) atoms. The van der Waals surface area contributed by atoms with Crippen LogP contribution in [0.4, 0.5) is 18.9 Å². The van der Waals surface area contributed by atoms with Gasteiger partial charge in [0.2, 0.25) is 5.91 Å². The van der Waals surface area contributed by atoms with Crippen molar-refractivity contribution in [2.24, 2.45) is 7.05 Å². The number of anilines is 1. The minimum absolute atomic E-state index is 0.0650. The molecule has 9 heteroatoms. The van der Waals surface area contributed by atoms with E-state index in [2.05, 4.69) is 20.8 Å². The van der Waals surface area contributed by atoms with E-state index >= 15 is 0 Å². The quantitative estimate of drug-likeness (QED) is 0.925. The van der Waals surface area contributed by atoms with Crippen LogP contribution in [0.15, 0.2) is 24.3 Å². The standard InChI is InChI=1S/C11H10F3N5O/c1-19-9(16-17-18-19)6-10(20)15-8-4-2-7(3-5-8)11(12,13)14/h2-5H,6H2,1H3,(H,15,20). The monoisotopic (exact) mass is 285 g/mol. The Hall–Kier alpha value is -2.45. The highest BCUT2D eigenvalue weighted by Gasteiger charge is 2.29. The zero-order valence-electron chi connectivity index (χ0n) is 10.3. The van der Waals surface area contributed by atoms with Crippen LogP contribution in [0.1, 0.15) is 11.4 Å². The first-order chi connectivity index (χ1) is 9.36. The molecule has 0 unspecified atom stereocenters. The molecule has 0 radical (unpaired) electrons. The van der Waals surface area contributed by atoms with E-state index in [4.69, 9.17) is 0 Å². The summed E-state index contributed by atoms with van der Waals surface area (Å²) in [6.45, 7) is 0. The van der Waals surface area contributed by atoms with Gasteiger partial charge in [-0.3, -0.25) is 4.79 Å². The molecule has 0 atom stereocenters. The number of hydrogen-bond acceptors (Lipinski definition) is 4. The molecule has 1 amide bonds. The molecule has 0 bridgehead atoms. The summed E-state index contributed by atoms with van der Waals surface area (Å²) < 4.78 is 38.4. The topological polar surface area (TPSA) is 72.7 Å². The summed E-state index contributed by atoms with van der Waals surface area (Å²) in [7, 11) is 1.58. The fourth-order valence-corrected chi connectivity index (χ4v) is 1.49. The lowest BCUT2D eigenvalue weighted by Crippen LogP contribution is -2.17. The molecule has 0 saturated carbocycles. The van der Waals surface area contributed by atoms with Gasteiger partial charge in [0.1, 0.15) is 0 Å². The van der Waals surface area contributed by atoms with E-state index in [1.54, 1.807) is 7.05 Å². The van der Waals surface area contributed by atoms with Gasteiger partial charge < -0.3 is 5.32 Å². The summed E-state index contributed by atoms with van der Waals surface area (Å²) in [6.07, 6.45) is -4.46. The zero-order chi connectivity index (χ0) is 14.8. The second-order valence-corrected chi connectivity index (χ2v) is 4.02. The normalized spacial score (nSPS) is 11.4. The molecule has 0 aliphatic carbocycles. The SMILES string of the molecule is Cn1nnnc1CC(=O)Nc1ccc(C(F)(F)F)cc1. The fraction of sp³-hybridized carbons (Fsp3) is 0.273. The number of aryl methyl sites for hydroxylation is 1. The summed E-state index contributed by atoms with van der Waals surface area (Å²) >= 11 is 0. The second kappa shape index (κ2) is 5.27. The Balaban J connectivity index is 2.00. The maximum atomic E-state index is 12.4. The van der Waals surface area contributed by atoms with Crippen molar-refractivity contribution in [1.82, 2.24) is 20.2 Å². The van der Waals surface area contributed by atoms with Crippen molar-refractivity contribution < 1.29 is 18.0 Å². The number of nitrogens with one attached hydrogen (secondary N) is 1. The van der Waals surface area contributed by atoms with E-state index < -0.39 is 17.6 Å². The number of amides is 1. The van der Waals surface area contributed by atoms with Crippen molar-refractivity contribution in [3.63, 3.8) is 0 Å². The average Bonchev–Trinajstić information content (AvgIpc) is 2.74. The van der Waals surface area contributed by atoms with Crippen LogP contribution in [0.2, 0.25) is 0 Å². The average molecular weight is 285 g/mol. The van der Waals surface area contributed by atoms with Crippen LogP contribution >= 0.6 is 0 Å². The van der Waals surface area contributed by atoms with E-state index in [-0.39, 0.29) is 12.1 Å². The molecular weight excluding hydrogens is 275 g/mol. The molecule has 1 aromatic heterocycles. The van der Waals surface area contributed by atoms with Gasteiger partial charge in [0.05, 0.1) is 12.0 Å². The Morgan fingerprint density at radius 3 is 2.45 bits per heavy atom. The maximum absolute atomic E-state index is 12.4. The molecule has 6 nitrogen and oxygen atoms in total. The van der Waals surface area contributed by atoms with E-state index in [1.165, 1.54) is 16.8 Å². The van der Waals surface area contributed by atoms with Crippen molar-refractivity contribution in [3.8, 4) is 0 Å². The van der Waals surface area contributed by atoms with Gasteiger partial charge in [-0.15, -0.1) is 5.10 Å². The van der Waals surface area contributed by atoms with Crippen LogP contribution in [-0.2, 0) is 24.4 Å². The van der Waals surface area contributed by atoms with Crippen molar-refractivity contribution in [2.75, 3.05) is 5.32 Å². The van der Waals surface area contributed by atoms with Crippen LogP contribution in [-0.4, -0.2) is 26.1 Å². The van der Waals surface area contributed by atoms with Crippen molar-refractivity contribution in [3.05, 3.63) is 35.7 Å². The number of rotatable bonds is 3. The highest BCUT2D eigenvalue weighted by atomic mass is 19.4. The van der Waals surface area contributed by atoms with Crippen LogP contribution < -0.4 is 5.32 Å². The third kappa shape index (κ3) is 3.31. The highest BCUT2D eigenvalue weighted by molar-refractivity contribution is 5.91. The van der Waals surface area contributed by atoms with Crippen molar-refractivity contribution >= 4 is 11.6 Å². The Bertz CT molecular complexity index is 605. The van der Waals surface area contributed by atoms with Gasteiger partial charge in [0.25, 0.3) is 0 Å². The lowest BCUT2D eigenvalue weighted by molar-refractivity contribution is -0.137. The number of carbonyl (C=O) groups is 1. The minimum Gasteiger partial charge on any atom is -0.326 e. The van der Waals surface area contributed by atoms with Gasteiger partial charge in [-0.2, -0.15) is 13.2 Å². The first-order valence-electron chi connectivity index (χ1n) is 5.54. The van der Waals surface area contributed by atoms with Gasteiger partial charge >= 0.3 is 6.18 Å². The summed E-state index contributed by atoms with van der Waals surface area (Å²) in [6, 6.07) is 4.18. The maximum Gasteiger partial charge on any atom is 0.416 e. The molecular formula is C11H10F3N5O. The molecule has 106 valence electrons. The Labute approximate surface area is 111 Å². The minimum atomic E-state index is -4.40. The van der Waals surface area contributed by atoms with Crippen LogP contribution in [0.25, 0.3) is 0 Å². The van der Waals surface area contributed by atoms with E-state index in [1.807, 2.05) is 0 Å². The van der Waals surface area contributed by atoms with Crippen molar-refractivity contribution in [2.45, 2.75) is 12.6 Å². The third-order valence-electron chi connectivity index (χ3n) is 2.52. The molecule has 0 spiro atoms. The molecule has 2 rings (SSSR count). The number of benzene rings is 1. The Morgan fingerprint density at radius 1 is 1.30 bits per heavy atom. The number of carbonyl (C=O) groups excluding carboxylic acids is 1. The first kappa shape index (κ1) is 14.0. The molecule has 0 fully saturated rings. The van der Waals surface area contributed by atoms with Gasteiger partial charge in [-0.05, 0) is 34.7 Å². The number of aromatic nitrogens is 4. The number of alkyl halides is 3. The van der Waals surface area contributed by atoms with Gasteiger partial charge in [0, 0.05) is 12.7 Å². The number of hydrogen-bond donors (Lipinski definition) is 1. The summed E-state index contributed by atoms with van der Waals surface area (Å²) in [5.74, 6) is -0.0583. The third-order valence-corrected chi connectivity index (χ3v) is 2.52. The Kier molecular flexibility index (Phi) is 3.68. The lowest BCUT2D eigenvalue weighted by Gasteiger charge is -2.08. The summed E-state index contributed by atoms with van der Waals surface area (Å²) in [5.41, 5.74) is -0.494. The summed E-state index contributed by atoms with van der Waals surface area (Å²) in [5, 5.41) is 13.1. The van der Waals surface area contributed by atoms with Gasteiger partial charge in [-0.1, -0.05) is 0 Å². The highest BCUT2D eigenvalue weighted by Crippen LogP contribution is 2.29. The summed E-state index contributed by atoms with van der Waals surface area (Å²) in [4.78, 5) is 11.7. The molecule has 1 N–H and O–H groups in total. The molecule has 1 heterocycles.